The highest BCUT2D eigenvalue weighted by atomic mass is 32.2. The Kier molecular flexibility index (Phi) is 5.58. The SMILES string of the molecule is CCCNCc1ccc(S(=O)(=O)NC(C)(C)CC)o1. The minimum absolute atomic E-state index is 0.0256. The summed E-state index contributed by atoms with van der Waals surface area (Å²) >= 11 is 0. The second-order valence-electron chi connectivity index (χ2n) is 5.24. The molecule has 0 radical (unpaired) electrons. The van der Waals surface area contributed by atoms with Crippen molar-refractivity contribution in [3.8, 4) is 0 Å². The number of rotatable bonds is 8. The van der Waals surface area contributed by atoms with Gasteiger partial charge >= 0.3 is 0 Å². The van der Waals surface area contributed by atoms with Crippen LogP contribution in [0.1, 0.15) is 46.3 Å². The van der Waals surface area contributed by atoms with Gasteiger partial charge in [-0.15, -0.1) is 0 Å². The van der Waals surface area contributed by atoms with Gasteiger partial charge < -0.3 is 9.73 Å². The second kappa shape index (κ2) is 6.54. The molecular weight excluding hydrogens is 264 g/mol. The van der Waals surface area contributed by atoms with Gasteiger partial charge in [0, 0.05) is 5.54 Å². The quantitative estimate of drug-likeness (QED) is 0.720. The van der Waals surface area contributed by atoms with Crippen LogP contribution in [-0.4, -0.2) is 20.5 Å². The lowest BCUT2D eigenvalue weighted by Gasteiger charge is -2.23. The summed E-state index contributed by atoms with van der Waals surface area (Å²) in [5.41, 5.74) is -0.480. The molecule has 5 nitrogen and oxygen atoms in total. The fourth-order valence-corrected chi connectivity index (χ4v) is 2.91. The Balaban J connectivity index is 2.74. The van der Waals surface area contributed by atoms with Gasteiger partial charge in [-0.3, -0.25) is 0 Å². The summed E-state index contributed by atoms with van der Waals surface area (Å²) in [6.45, 7) is 9.12. The Labute approximate surface area is 115 Å². The van der Waals surface area contributed by atoms with Gasteiger partial charge in [0.25, 0.3) is 10.0 Å². The Morgan fingerprint density at radius 3 is 2.53 bits per heavy atom. The molecule has 1 aromatic rings. The highest BCUT2D eigenvalue weighted by molar-refractivity contribution is 7.89. The number of nitrogens with one attached hydrogen (secondary N) is 2. The molecule has 6 heteroatoms. The summed E-state index contributed by atoms with van der Waals surface area (Å²) in [4.78, 5) is 0. The minimum Gasteiger partial charge on any atom is -0.447 e. The van der Waals surface area contributed by atoms with E-state index in [9.17, 15) is 8.42 Å². The highest BCUT2D eigenvalue weighted by Crippen LogP contribution is 2.17. The Bertz CT molecular complexity index is 492. The first kappa shape index (κ1) is 16.2. The van der Waals surface area contributed by atoms with E-state index in [0.717, 1.165) is 13.0 Å². The Morgan fingerprint density at radius 1 is 1.26 bits per heavy atom. The molecule has 0 aliphatic rings. The van der Waals surface area contributed by atoms with Gasteiger partial charge in [0.2, 0.25) is 5.09 Å². The average molecular weight is 288 g/mol. The molecule has 19 heavy (non-hydrogen) atoms. The first-order valence-electron chi connectivity index (χ1n) is 6.64. The van der Waals surface area contributed by atoms with Crippen molar-refractivity contribution in [2.75, 3.05) is 6.54 Å². The monoisotopic (exact) mass is 288 g/mol. The van der Waals surface area contributed by atoms with E-state index in [1.54, 1.807) is 6.07 Å². The topological polar surface area (TPSA) is 71.3 Å². The molecule has 1 rings (SSSR count). The van der Waals surface area contributed by atoms with Crippen molar-refractivity contribution in [2.24, 2.45) is 0 Å². The lowest BCUT2D eigenvalue weighted by Crippen LogP contribution is -2.42. The average Bonchev–Trinajstić information content (AvgIpc) is 2.78. The minimum atomic E-state index is -3.58. The van der Waals surface area contributed by atoms with Gasteiger partial charge in [-0.1, -0.05) is 13.8 Å². The lowest BCUT2D eigenvalue weighted by atomic mass is 10.0. The van der Waals surface area contributed by atoms with Gasteiger partial charge in [0.15, 0.2) is 0 Å². The maximum Gasteiger partial charge on any atom is 0.274 e. The molecule has 0 bridgehead atoms. The van der Waals surface area contributed by atoms with E-state index in [1.807, 2.05) is 20.8 Å². The van der Waals surface area contributed by atoms with E-state index in [-0.39, 0.29) is 5.09 Å². The summed E-state index contributed by atoms with van der Waals surface area (Å²) in [7, 11) is -3.58. The fourth-order valence-electron chi connectivity index (χ4n) is 1.47. The molecular formula is C13H24N2O3S. The zero-order valence-electron chi connectivity index (χ0n) is 12.1. The summed E-state index contributed by atoms with van der Waals surface area (Å²) in [5.74, 6) is 0.628. The van der Waals surface area contributed by atoms with Gasteiger partial charge in [0.1, 0.15) is 5.76 Å². The second-order valence-corrected chi connectivity index (χ2v) is 6.85. The highest BCUT2D eigenvalue weighted by Gasteiger charge is 2.26. The number of hydrogen-bond acceptors (Lipinski definition) is 4. The molecule has 110 valence electrons. The van der Waals surface area contributed by atoms with Gasteiger partial charge in [0.05, 0.1) is 6.54 Å². The standard InChI is InChI=1S/C13H24N2O3S/c1-5-9-14-10-11-7-8-12(18-11)19(16,17)15-13(3,4)6-2/h7-8,14-15H,5-6,9-10H2,1-4H3. The van der Waals surface area contributed by atoms with E-state index in [1.165, 1.54) is 6.07 Å². The van der Waals surface area contributed by atoms with E-state index in [4.69, 9.17) is 4.42 Å². The maximum atomic E-state index is 12.1. The molecule has 0 spiro atoms. The van der Waals surface area contributed by atoms with Gasteiger partial charge in [-0.05, 0) is 45.4 Å². The molecule has 0 amide bonds. The van der Waals surface area contributed by atoms with Crippen LogP contribution in [0, 0.1) is 0 Å². The third kappa shape index (κ3) is 4.97. The summed E-state index contributed by atoms with van der Waals surface area (Å²) in [5, 5.41) is 3.14. The van der Waals surface area contributed by atoms with E-state index >= 15 is 0 Å². The van der Waals surface area contributed by atoms with Crippen LogP contribution in [0.25, 0.3) is 0 Å². The summed E-state index contributed by atoms with van der Waals surface area (Å²) in [6, 6.07) is 3.19. The van der Waals surface area contributed by atoms with Crippen LogP contribution in [0.4, 0.5) is 0 Å². The van der Waals surface area contributed by atoms with Gasteiger partial charge in [-0.2, -0.15) is 0 Å². The van der Waals surface area contributed by atoms with E-state index in [2.05, 4.69) is 17.0 Å². The van der Waals surface area contributed by atoms with Crippen LogP contribution < -0.4 is 10.0 Å². The first-order valence-corrected chi connectivity index (χ1v) is 8.12. The number of sulfonamides is 1. The van der Waals surface area contributed by atoms with Crippen molar-refractivity contribution in [3.05, 3.63) is 17.9 Å². The molecule has 0 atom stereocenters. The van der Waals surface area contributed by atoms with Crippen LogP contribution >= 0.6 is 0 Å². The molecule has 0 aliphatic carbocycles. The molecule has 0 saturated heterocycles. The van der Waals surface area contributed by atoms with Crippen LogP contribution in [0.3, 0.4) is 0 Å². The molecule has 0 saturated carbocycles. The van der Waals surface area contributed by atoms with Crippen molar-refractivity contribution >= 4 is 10.0 Å². The normalized spacial score (nSPS) is 12.8. The van der Waals surface area contributed by atoms with Gasteiger partial charge in [-0.25, -0.2) is 13.1 Å². The third-order valence-corrected chi connectivity index (χ3v) is 4.49. The van der Waals surface area contributed by atoms with Crippen LogP contribution in [0.15, 0.2) is 21.6 Å². The Morgan fingerprint density at radius 2 is 1.95 bits per heavy atom. The molecule has 1 aromatic heterocycles. The van der Waals surface area contributed by atoms with Crippen molar-refractivity contribution in [1.82, 2.24) is 10.0 Å². The predicted molar refractivity (Wildman–Crippen MR) is 75.4 cm³/mol. The molecule has 0 aromatic carbocycles. The molecule has 0 unspecified atom stereocenters. The van der Waals surface area contributed by atoms with Crippen LogP contribution in [0.2, 0.25) is 0 Å². The molecule has 0 fully saturated rings. The van der Waals surface area contributed by atoms with Crippen molar-refractivity contribution < 1.29 is 12.8 Å². The molecule has 0 aliphatic heterocycles. The number of furan rings is 1. The maximum absolute atomic E-state index is 12.1. The van der Waals surface area contributed by atoms with Crippen LogP contribution in [-0.2, 0) is 16.6 Å². The predicted octanol–water partition coefficient (Wildman–Crippen LogP) is 2.25. The van der Waals surface area contributed by atoms with Crippen molar-refractivity contribution in [3.63, 3.8) is 0 Å². The molecule has 2 N–H and O–H groups in total. The fraction of sp³-hybridized carbons (Fsp3) is 0.692. The third-order valence-electron chi connectivity index (χ3n) is 2.92. The van der Waals surface area contributed by atoms with E-state index in [0.29, 0.717) is 18.7 Å². The van der Waals surface area contributed by atoms with E-state index < -0.39 is 15.6 Å². The Hall–Kier alpha value is -0.850. The lowest BCUT2D eigenvalue weighted by molar-refractivity contribution is 0.385. The smallest absolute Gasteiger partial charge is 0.274 e. The number of hydrogen-bond donors (Lipinski definition) is 2. The summed E-state index contributed by atoms with van der Waals surface area (Å²) < 4.78 is 32.3. The van der Waals surface area contributed by atoms with Crippen LogP contribution in [0.5, 0.6) is 0 Å². The zero-order chi connectivity index (χ0) is 14.5. The van der Waals surface area contributed by atoms with Crippen molar-refractivity contribution in [2.45, 2.75) is 57.7 Å². The zero-order valence-corrected chi connectivity index (χ0v) is 12.9. The largest absolute Gasteiger partial charge is 0.447 e. The first-order chi connectivity index (χ1) is 8.80. The summed E-state index contributed by atoms with van der Waals surface area (Å²) in [6.07, 6.45) is 1.73. The molecule has 1 heterocycles. The van der Waals surface area contributed by atoms with Crippen molar-refractivity contribution in [1.29, 1.82) is 0 Å².